The quantitative estimate of drug-likeness (QED) is 0.309. The zero-order chi connectivity index (χ0) is 19.1. The third-order valence-corrected chi connectivity index (χ3v) is 5.51. The number of para-hydroxylation sites is 1. The Kier molecular flexibility index (Phi) is 4.21. The number of piperidine rings is 1. The Balaban J connectivity index is 1.80. The zero-order valence-corrected chi connectivity index (χ0v) is 15.2. The Morgan fingerprint density at radius 2 is 1.74 bits per heavy atom. The highest BCUT2D eigenvalue weighted by Gasteiger charge is 2.48. The Morgan fingerprint density at radius 1 is 1.04 bits per heavy atom. The molecule has 2 amide bonds. The van der Waals surface area contributed by atoms with Crippen LogP contribution in [0.25, 0.3) is 10.2 Å². The molecule has 1 aliphatic rings. The van der Waals surface area contributed by atoms with Crippen LogP contribution in [0, 0.1) is 0 Å². The highest BCUT2D eigenvalue weighted by atomic mass is 35.5. The molecule has 1 aromatic heterocycles. The van der Waals surface area contributed by atoms with E-state index in [1.807, 2.05) is 18.2 Å². The second kappa shape index (κ2) is 6.57. The molecule has 27 heavy (non-hydrogen) atoms. The van der Waals surface area contributed by atoms with Gasteiger partial charge >= 0.3 is 5.91 Å². The Bertz CT molecular complexity index is 1090. The smallest absolute Gasteiger partial charge is 0.302 e. The number of benzene rings is 2. The molecule has 134 valence electrons. The molecule has 2 heterocycles. The lowest BCUT2D eigenvalue weighted by Gasteiger charge is -2.28. The molecule has 0 bridgehead atoms. The number of imide groups is 1. The van der Waals surface area contributed by atoms with E-state index in [-0.39, 0.29) is 11.4 Å². The Morgan fingerprint density at radius 3 is 2.41 bits per heavy atom. The summed E-state index contributed by atoms with van der Waals surface area (Å²) in [4.78, 5) is 43.5. The van der Waals surface area contributed by atoms with Crippen molar-refractivity contribution in [2.75, 3.05) is 4.90 Å². The predicted molar refractivity (Wildman–Crippen MR) is 103 cm³/mol. The van der Waals surface area contributed by atoms with Gasteiger partial charge in [-0.25, -0.2) is 9.88 Å². The van der Waals surface area contributed by atoms with Crippen LogP contribution >= 0.6 is 22.9 Å². The van der Waals surface area contributed by atoms with Gasteiger partial charge in [-0.05, 0) is 36.4 Å². The van der Waals surface area contributed by atoms with E-state index in [9.17, 15) is 14.4 Å². The van der Waals surface area contributed by atoms with E-state index in [1.165, 1.54) is 35.6 Å². The number of halogens is 1. The lowest BCUT2D eigenvalue weighted by molar-refractivity contribution is -0.139. The SMILES string of the molecule is N/N=C1/C(=O)N(c2ccc(Cl)cc2)C(=O)C(=O)[C@@H]1c1nc2ccccc2s1. The van der Waals surface area contributed by atoms with Gasteiger partial charge in [0.2, 0.25) is 5.78 Å². The molecular weight excluding hydrogens is 388 g/mol. The number of hydrogen-bond acceptors (Lipinski definition) is 7. The fourth-order valence-electron chi connectivity index (χ4n) is 2.89. The Hall–Kier alpha value is -3.10. The summed E-state index contributed by atoms with van der Waals surface area (Å²) in [5, 5.41) is 4.27. The zero-order valence-electron chi connectivity index (χ0n) is 13.6. The predicted octanol–water partition coefficient (Wildman–Crippen LogP) is 2.49. The van der Waals surface area contributed by atoms with Crippen molar-refractivity contribution >= 4 is 62.2 Å². The maximum Gasteiger partial charge on any atom is 0.302 e. The molecule has 2 aromatic carbocycles. The molecular formula is C18H11ClN4O3S. The van der Waals surface area contributed by atoms with Gasteiger partial charge < -0.3 is 5.84 Å². The molecule has 0 radical (unpaired) electrons. The van der Waals surface area contributed by atoms with Crippen molar-refractivity contribution in [3.8, 4) is 0 Å². The molecule has 0 unspecified atom stereocenters. The highest BCUT2D eigenvalue weighted by molar-refractivity contribution is 7.19. The van der Waals surface area contributed by atoms with Gasteiger partial charge in [0.15, 0.2) is 0 Å². The second-order valence-electron chi connectivity index (χ2n) is 5.75. The molecule has 0 spiro atoms. The van der Waals surface area contributed by atoms with Crippen molar-refractivity contribution < 1.29 is 14.4 Å². The number of hydrazone groups is 1. The maximum absolute atomic E-state index is 12.9. The third-order valence-electron chi connectivity index (χ3n) is 4.15. The molecule has 2 N–H and O–H groups in total. The fraction of sp³-hybridized carbons (Fsp3) is 0.0556. The molecule has 1 fully saturated rings. The van der Waals surface area contributed by atoms with E-state index in [0.29, 0.717) is 15.5 Å². The molecule has 4 rings (SSSR count). The van der Waals surface area contributed by atoms with Crippen molar-refractivity contribution in [3.63, 3.8) is 0 Å². The van der Waals surface area contributed by atoms with Crippen molar-refractivity contribution in [2.24, 2.45) is 10.9 Å². The minimum atomic E-state index is -1.21. The van der Waals surface area contributed by atoms with Gasteiger partial charge in [-0.15, -0.1) is 11.3 Å². The van der Waals surface area contributed by atoms with Gasteiger partial charge in [-0.3, -0.25) is 14.4 Å². The standard InChI is InChI=1S/C18H11ClN4O3S/c19-9-5-7-10(8-6-9)23-17(25)14(22-20)13(15(24)18(23)26)16-21-11-3-1-2-4-12(11)27-16/h1-8,13H,20H2/b22-14+/t13-/m1/s1. The second-order valence-corrected chi connectivity index (χ2v) is 7.25. The number of rotatable bonds is 2. The van der Waals surface area contributed by atoms with Crippen LogP contribution in [0.2, 0.25) is 5.02 Å². The molecule has 3 aromatic rings. The number of nitrogens with zero attached hydrogens (tertiary/aromatic N) is 3. The van der Waals surface area contributed by atoms with E-state index >= 15 is 0 Å². The first-order chi connectivity index (χ1) is 13.0. The lowest BCUT2D eigenvalue weighted by atomic mass is 9.92. The average Bonchev–Trinajstić information content (AvgIpc) is 3.09. The lowest BCUT2D eigenvalue weighted by Crippen LogP contribution is -2.55. The topological polar surface area (TPSA) is 106 Å². The van der Waals surface area contributed by atoms with Crippen LogP contribution in [-0.2, 0) is 14.4 Å². The molecule has 0 saturated carbocycles. The number of anilines is 1. The number of amides is 2. The van der Waals surface area contributed by atoms with Gasteiger partial charge in [0.05, 0.1) is 15.9 Å². The minimum absolute atomic E-state index is 0.214. The van der Waals surface area contributed by atoms with Gasteiger partial charge in [0, 0.05) is 5.02 Å². The average molecular weight is 399 g/mol. The van der Waals surface area contributed by atoms with E-state index in [1.54, 1.807) is 6.07 Å². The maximum atomic E-state index is 12.9. The summed E-state index contributed by atoms with van der Waals surface area (Å²) in [5.74, 6) is 1.68. The van der Waals surface area contributed by atoms with Crippen LogP contribution in [-0.4, -0.2) is 28.3 Å². The molecule has 1 atom stereocenters. The summed E-state index contributed by atoms with van der Waals surface area (Å²) in [6.45, 7) is 0. The number of fused-ring (bicyclic) bond motifs is 1. The molecule has 1 aliphatic heterocycles. The Labute approximate surface area is 162 Å². The first kappa shape index (κ1) is 17.3. The largest absolute Gasteiger partial charge is 0.323 e. The van der Waals surface area contributed by atoms with Crippen molar-refractivity contribution in [1.29, 1.82) is 0 Å². The molecule has 7 nitrogen and oxygen atoms in total. The third kappa shape index (κ3) is 2.79. The van der Waals surface area contributed by atoms with E-state index in [4.69, 9.17) is 17.4 Å². The van der Waals surface area contributed by atoms with Crippen LogP contribution in [0.3, 0.4) is 0 Å². The van der Waals surface area contributed by atoms with E-state index in [2.05, 4.69) is 10.1 Å². The van der Waals surface area contributed by atoms with Crippen LogP contribution < -0.4 is 10.7 Å². The normalized spacial score (nSPS) is 19.3. The number of Topliss-reactive ketones (excluding diaryl/α,β-unsaturated/α-hetero) is 1. The van der Waals surface area contributed by atoms with Gasteiger partial charge in [-0.1, -0.05) is 23.7 Å². The first-order valence-electron chi connectivity index (χ1n) is 7.82. The fourth-order valence-corrected chi connectivity index (χ4v) is 4.08. The van der Waals surface area contributed by atoms with Gasteiger partial charge in [0.1, 0.15) is 16.6 Å². The van der Waals surface area contributed by atoms with Crippen LogP contribution in [0.5, 0.6) is 0 Å². The number of thiazole rings is 1. The summed E-state index contributed by atoms with van der Waals surface area (Å²) < 4.78 is 0.830. The van der Waals surface area contributed by atoms with Gasteiger partial charge in [-0.2, -0.15) is 5.10 Å². The summed E-state index contributed by atoms with van der Waals surface area (Å²) in [6, 6.07) is 13.2. The number of hydrogen-bond donors (Lipinski definition) is 1. The monoisotopic (exact) mass is 398 g/mol. The van der Waals surface area contributed by atoms with E-state index < -0.39 is 23.5 Å². The van der Waals surface area contributed by atoms with Crippen LogP contribution in [0.15, 0.2) is 53.6 Å². The van der Waals surface area contributed by atoms with Crippen molar-refractivity contribution in [2.45, 2.75) is 5.92 Å². The van der Waals surface area contributed by atoms with Crippen molar-refractivity contribution in [3.05, 3.63) is 58.6 Å². The number of nitrogens with two attached hydrogens (primary N) is 1. The molecule has 0 aliphatic carbocycles. The summed E-state index contributed by atoms with van der Waals surface area (Å²) >= 11 is 7.06. The number of carbonyl (C=O) groups excluding carboxylic acids is 3. The van der Waals surface area contributed by atoms with Gasteiger partial charge in [0.25, 0.3) is 5.91 Å². The first-order valence-corrected chi connectivity index (χ1v) is 9.02. The molecule has 1 saturated heterocycles. The van der Waals surface area contributed by atoms with Crippen LogP contribution in [0.1, 0.15) is 10.9 Å². The highest BCUT2D eigenvalue weighted by Crippen LogP contribution is 2.33. The number of carbonyl (C=O) groups is 3. The van der Waals surface area contributed by atoms with Crippen LogP contribution in [0.4, 0.5) is 5.69 Å². The number of ketones is 1. The summed E-state index contributed by atoms with van der Waals surface area (Å²) in [5.41, 5.74) is 0.655. The summed E-state index contributed by atoms with van der Waals surface area (Å²) in [6.07, 6.45) is 0. The molecule has 9 heteroatoms. The minimum Gasteiger partial charge on any atom is -0.323 e. The van der Waals surface area contributed by atoms with Crippen molar-refractivity contribution in [1.82, 2.24) is 4.98 Å². The van der Waals surface area contributed by atoms with E-state index in [0.717, 1.165) is 9.60 Å². The summed E-state index contributed by atoms with van der Waals surface area (Å²) in [7, 11) is 0. The number of aromatic nitrogens is 1.